The van der Waals surface area contributed by atoms with Crippen LogP contribution in [0.1, 0.15) is 16.6 Å². The Morgan fingerprint density at radius 2 is 1.64 bits per heavy atom. The Balaban J connectivity index is 1.64. The van der Waals surface area contributed by atoms with Crippen LogP contribution < -0.4 is 20.9 Å². The topological polar surface area (TPSA) is 86.4 Å². The Bertz CT molecular complexity index is 982. The molecule has 0 saturated heterocycles. The third kappa shape index (κ3) is 5.08. The number of anilines is 5. The molecule has 2 aromatic carbocycles. The van der Waals surface area contributed by atoms with Crippen molar-refractivity contribution in [3.63, 3.8) is 0 Å². The lowest BCUT2D eigenvalue weighted by molar-refractivity contribution is -0.114. The Morgan fingerprint density at radius 3 is 2.29 bits per heavy atom. The van der Waals surface area contributed by atoms with Crippen molar-refractivity contribution < 1.29 is 9.59 Å². The minimum atomic E-state index is -0.236. The number of carbonyl (C=O) groups excluding carboxylic acids is 2. The zero-order valence-corrected chi connectivity index (χ0v) is 16.6. The number of rotatable bonds is 6. The minimum Gasteiger partial charge on any atom is -0.378 e. The summed E-state index contributed by atoms with van der Waals surface area (Å²) in [4.78, 5) is 30.3. The summed E-state index contributed by atoms with van der Waals surface area (Å²) in [6.07, 6.45) is 1.55. The molecule has 0 saturated carbocycles. The summed E-state index contributed by atoms with van der Waals surface area (Å²) in [6, 6.07) is 14.9. The molecule has 28 heavy (non-hydrogen) atoms. The average Bonchev–Trinajstić information content (AvgIpc) is 3.12. The van der Waals surface area contributed by atoms with Crippen LogP contribution in [0.5, 0.6) is 0 Å². The number of amides is 2. The predicted molar refractivity (Wildman–Crippen MR) is 115 cm³/mol. The van der Waals surface area contributed by atoms with E-state index in [1.54, 1.807) is 30.5 Å². The lowest BCUT2D eigenvalue weighted by Crippen LogP contribution is -2.10. The molecule has 1 heterocycles. The van der Waals surface area contributed by atoms with E-state index < -0.39 is 0 Å². The molecule has 3 N–H and O–H groups in total. The minimum absolute atomic E-state index is 0.141. The molecule has 0 spiro atoms. The van der Waals surface area contributed by atoms with Crippen LogP contribution in [0.4, 0.5) is 27.9 Å². The van der Waals surface area contributed by atoms with E-state index in [9.17, 15) is 9.59 Å². The first-order chi connectivity index (χ1) is 13.4. The highest BCUT2D eigenvalue weighted by Gasteiger charge is 2.11. The van der Waals surface area contributed by atoms with Gasteiger partial charge in [0, 0.05) is 43.8 Å². The van der Waals surface area contributed by atoms with Gasteiger partial charge in [-0.2, -0.15) is 0 Å². The van der Waals surface area contributed by atoms with Crippen LogP contribution in [0.15, 0.2) is 54.7 Å². The van der Waals surface area contributed by atoms with Crippen molar-refractivity contribution >= 4 is 51.0 Å². The first-order valence-corrected chi connectivity index (χ1v) is 9.41. The van der Waals surface area contributed by atoms with Gasteiger partial charge in [0.25, 0.3) is 5.91 Å². The van der Waals surface area contributed by atoms with Crippen LogP contribution >= 0.6 is 11.3 Å². The third-order valence-corrected chi connectivity index (χ3v) is 4.72. The molecule has 0 atom stereocenters. The SMILES string of the molecule is CC(=O)Nc1ccc(NC(=O)c2cnc(Nc3cccc(N(C)C)c3)s2)cc1. The standard InChI is InChI=1S/C20H21N5O2S/c1-13(26)22-14-7-9-15(10-8-14)23-19(27)18-12-21-20(28-18)24-16-5-4-6-17(11-16)25(2)3/h4-12H,1-3H3,(H,21,24)(H,22,26)(H,23,27). The van der Waals surface area contributed by atoms with Gasteiger partial charge in [-0.05, 0) is 42.5 Å². The van der Waals surface area contributed by atoms with Crippen molar-refractivity contribution in [2.24, 2.45) is 0 Å². The number of carbonyl (C=O) groups is 2. The summed E-state index contributed by atoms with van der Waals surface area (Å²) in [5.74, 6) is -0.377. The van der Waals surface area contributed by atoms with Crippen molar-refractivity contribution in [2.75, 3.05) is 34.9 Å². The maximum atomic E-state index is 12.4. The zero-order valence-electron chi connectivity index (χ0n) is 15.8. The van der Waals surface area contributed by atoms with E-state index in [0.29, 0.717) is 21.4 Å². The molecule has 0 aliphatic carbocycles. The fraction of sp³-hybridized carbons (Fsp3) is 0.150. The fourth-order valence-electron chi connectivity index (χ4n) is 2.46. The highest BCUT2D eigenvalue weighted by Crippen LogP contribution is 2.25. The normalized spacial score (nSPS) is 10.2. The van der Waals surface area contributed by atoms with Gasteiger partial charge in [-0.15, -0.1) is 0 Å². The summed E-state index contributed by atoms with van der Waals surface area (Å²) in [7, 11) is 3.96. The van der Waals surface area contributed by atoms with Gasteiger partial charge in [0.1, 0.15) is 4.88 Å². The van der Waals surface area contributed by atoms with Crippen LogP contribution in [-0.4, -0.2) is 30.9 Å². The van der Waals surface area contributed by atoms with Crippen LogP contribution in [0, 0.1) is 0 Å². The Hall–Kier alpha value is -3.39. The molecule has 0 bridgehead atoms. The van der Waals surface area contributed by atoms with Gasteiger partial charge in [-0.3, -0.25) is 9.59 Å². The van der Waals surface area contributed by atoms with Crippen LogP contribution in [0.2, 0.25) is 0 Å². The van der Waals surface area contributed by atoms with Crippen molar-refractivity contribution in [3.8, 4) is 0 Å². The van der Waals surface area contributed by atoms with Crippen LogP contribution in [0.3, 0.4) is 0 Å². The number of nitrogens with one attached hydrogen (secondary N) is 3. The number of nitrogens with zero attached hydrogens (tertiary/aromatic N) is 2. The second-order valence-corrected chi connectivity index (χ2v) is 7.34. The highest BCUT2D eigenvalue weighted by molar-refractivity contribution is 7.17. The van der Waals surface area contributed by atoms with E-state index in [-0.39, 0.29) is 11.8 Å². The highest BCUT2D eigenvalue weighted by atomic mass is 32.1. The van der Waals surface area contributed by atoms with E-state index in [4.69, 9.17) is 0 Å². The number of hydrogen-bond donors (Lipinski definition) is 3. The van der Waals surface area contributed by atoms with Crippen LogP contribution in [-0.2, 0) is 4.79 Å². The monoisotopic (exact) mass is 395 g/mol. The van der Waals surface area contributed by atoms with E-state index in [1.165, 1.54) is 18.3 Å². The molecule has 1 aromatic heterocycles. The maximum absolute atomic E-state index is 12.4. The molecular formula is C20H21N5O2S. The number of hydrogen-bond acceptors (Lipinski definition) is 6. The Morgan fingerprint density at radius 1 is 0.964 bits per heavy atom. The lowest BCUT2D eigenvalue weighted by atomic mass is 10.2. The summed E-state index contributed by atoms with van der Waals surface area (Å²) in [5, 5.41) is 9.37. The second kappa shape index (κ2) is 8.53. The van der Waals surface area contributed by atoms with Crippen LogP contribution in [0.25, 0.3) is 0 Å². The zero-order chi connectivity index (χ0) is 20.1. The van der Waals surface area contributed by atoms with Gasteiger partial charge in [-0.1, -0.05) is 17.4 Å². The molecule has 0 unspecified atom stereocenters. The first kappa shape index (κ1) is 19.4. The average molecular weight is 395 g/mol. The summed E-state index contributed by atoms with van der Waals surface area (Å²) < 4.78 is 0. The van der Waals surface area contributed by atoms with Crippen molar-refractivity contribution in [1.82, 2.24) is 4.98 Å². The number of benzene rings is 2. The Labute approximate surface area is 167 Å². The van der Waals surface area contributed by atoms with Gasteiger partial charge >= 0.3 is 0 Å². The Kier molecular flexibility index (Phi) is 5.90. The molecule has 3 rings (SSSR count). The van der Waals surface area contributed by atoms with Gasteiger partial charge in [-0.25, -0.2) is 4.98 Å². The molecule has 3 aromatic rings. The van der Waals surface area contributed by atoms with Crippen molar-refractivity contribution in [1.29, 1.82) is 0 Å². The van der Waals surface area contributed by atoms with Gasteiger partial charge in [0.2, 0.25) is 5.91 Å². The molecule has 2 amide bonds. The van der Waals surface area contributed by atoms with E-state index in [1.807, 2.05) is 43.3 Å². The smallest absolute Gasteiger partial charge is 0.267 e. The predicted octanol–water partition coefficient (Wildman–Crippen LogP) is 4.16. The molecular weight excluding hydrogens is 374 g/mol. The molecule has 0 aliphatic heterocycles. The molecule has 0 radical (unpaired) electrons. The van der Waals surface area contributed by atoms with Crippen molar-refractivity contribution in [2.45, 2.75) is 6.92 Å². The number of thiazole rings is 1. The maximum Gasteiger partial charge on any atom is 0.267 e. The summed E-state index contributed by atoms with van der Waals surface area (Å²) >= 11 is 1.28. The molecule has 0 aliphatic rings. The molecule has 0 fully saturated rings. The van der Waals surface area contributed by atoms with Gasteiger partial charge in [0.15, 0.2) is 5.13 Å². The molecule has 144 valence electrons. The first-order valence-electron chi connectivity index (χ1n) is 8.60. The third-order valence-electron chi connectivity index (χ3n) is 3.81. The molecule has 8 heteroatoms. The molecule has 7 nitrogen and oxygen atoms in total. The van der Waals surface area contributed by atoms with E-state index in [2.05, 4.69) is 20.9 Å². The van der Waals surface area contributed by atoms with Gasteiger partial charge in [0.05, 0.1) is 6.20 Å². The quantitative estimate of drug-likeness (QED) is 0.583. The van der Waals surface area contributed by atoms with Gasteiger partial charge < -0.3 is 20.9 Å². The fourth-order valence-corrected chi connectivity index (χ4v) is 3.19. The van der Waals surface area contributed by atoms with E-state index in [0.717, 1.165) is 11.4 Å². The largest absolute Gasteiger partial charge is 0.378 e. The number of aromatic nitrogens is 1. The van der Waals surface area contributed by atoms with Crippen molar-refractivity contribution in [3.05, 3.63) is 59.6 Å². The summed E-state index contributed by atoms with van der Waals surface area (Å²) in [5.41, 5.74) is 3.29. The van der Waals surface area contributed by atoms with E-state index >= 15 is 0 Å². The summed E-state index contributed by atoms with van der Waals surface area (Å²) in [6.45, 7) is 1.45. The lowest BCUT2D eigenvalue weighted by Gasteiger charge is -2.13. The second-order valence-electron chi connectivity index (χ2n) is 6.31.